The zero-order valence-corrected chi connectivity index (χ0v) is 11.8. The van der Waals surface area contributed by atoms with Crippen LogP contribution in [0.15, 0.2) is 0 Å². The van der Waals surface area contributed by atoms with Gasteiger partial charge in [0.1, 0.15) is 0 Å². The van der Waals surface area contributed by atoms with Crippen LogP contribution in [0.1, 0.15) is 46.5 Å². The van der Waals surface area contributed by atoms with Crippen molar-refractivity contribution in [2.45, 2.75) is 58.0 Å². The van der Waals surface area contributed by atoms with E-state index in [9.17, 15) is 4.79 Å². The van der Waals surface area contributed by atoms with Gasteiger partial charge in [0.25, 0.3) is 0 Å². The van der Waals surface area contributed by atoms with Crippen molar-refractivity contribution in [3.8, 4) is 0 Å². The summed E-state index contributed by atoms with van der Waals surface area (Å²) in [6.45, 7) is 8.81. The molecule has 2 N–H and O–H groups in total. The fourth-order valence-electron chi connectivity index (χ4n) is 3.06. The first kappa shape index (κ1) is 13.8. The first-order valence-corrected chi connectivity index (χ1v) is 7.06. The van der Waals surface area contributed by atoms with Gasteiger partial charge in [-0.05, 0) is 44.6 Å². The predicted molar refractivity (Wildman–Crippen MR) is 71.4 cm³/mol. The molecule has 2 unspecified atom stereocenters. The quantitative estimate of drug-likeness (QED) is 0.784. The minimum absolute atomic E-state index is 0.0359. The maximum absolute atomic E-state index is 12.5. The molecular formula is C14H26N2O2. The van der Waals surface area contributed by atoms with E-state index in [-0.39, 0.29) is 22.9 Å². The highest BCUT2D eigenvalue weighted by atomic mass is 16.5. The second-order valence-electron chi connectivity index (χ2n) is 6.69. The maximum Gasteiger partial charge on any atom is 0.238 e. The normalized spacial score (nSPS) is 36.1. The molecule has 2 aliphatic rings. The fourth-order valence-corrected chi connectivity index (χ4v) is 3.06. The highest BCUT2D eigenvalue weighted by Gasteiger charge is 2.40. The van der Waals surface area contributed by atoms with Gasteiger partial charge in [-0.1, -0.05) is 13.8 Å². The highest BCUT2D eigenvalue weighted by Crippen LogP contribution is 2.31. The Balaban J connectivity index is 1.98. The Bertz CT molecular complexity index is 309. The summed E-state index contributed by atoms with van der Waals surface area (Å²) >= 11 is 0. The molecule has 0 aliphatic carbocycles. The van der Waals surface area contributed by atoms with Crippen molar-refractivity contribution in [2.75, 3.05) is 19.8 Å². The van der Waals surface area contributed by atoms with E-state index in [1.165, 1.54) is 0 Å². The smallest absolute Gasteiger partial charge is 0.238 e. The van der Waals surface area contributed by atoms with Crippen LogP contribution in [0.5, 0.6) is 0 Å². The molecule has 18 heavy (non-hydrogen) atoms. The zero-order chi connectivity index (χ0) is 13.2. The summed E-state index contributed by atoms with van der Waals surface area (Å²) < 4.78 is 5.49. The topological polar surface area (TPSA) is 50.4 Å². The first-order chi connectivity index (χ1) is 8.43. The molecular weight excluding hydrogens is 228 g/mol. The lowest BCUT2D eigenvalue weighted by molar-refractivity contribution is -0.130. The largest absolute Gasteiger partial charge is 0.379 e. The van der Waals surface area contributed by atoms with Gasteiger partial charge >= 0.3 is 0 Å². The molecule has 4 heteroatoms. The summed E-state index contributed by atoms with van der Waals surface area (Å²) in [7, 11) is 0. The second kappa shape index (κ2) is 5.17. The van der Waals surface area contributed by atoms with Crippen LogP contribution in [-0.2, 0) is 9.53 Å². The molecule has 2 heterocycles. The second-order valence-corrected chi connectivity index (χ2v) is 6.69. The van der Waals surface area contributed by atoms with Crippen molar-refractivity contribution in [1.82, 2.24) is 10.6 Å². The lowest BCUT2D eigenvalue weighted by atomic mass is 9.77. The van der Waals surface area contributed by atoms with E-state index in [0.717, 1.165) is 38.8 Å². The lowest BCUT2D eigenvalue weighted by Gasteiger charge is -2.41. The van der Waals surface area contributed by atoms with Gasteiger partial charge in [0, 0.05) is 6.61 Å². The Morgan fingerprint density at radius 3 is 2.67 bits per heavy atom. The number of piperidine rings is 1. The average Bonchev–Trinajstić information content (AvgIpc) is 2.28. The monoisotopic (exact) mass is 254 g/mol. The van der Waals surface area contributed by atoms with Crippen LogP contribution >= 0.6 is 0 Å². The molecule has 0 aromatic heterocycles. The van der Waals surface area contributed by atoms with E-state index in [4.69, 9.17) is 4.74 Å². The van der Waals surface area contributed by atoms with Crippen LogP contribution in [0, 0.1) is 5.41 Å². The van der Waals surface area contributed by atoms with E-state index in [0.29, 0.717) is 6.61 Å². The van der Waals surface area contributed by atoms with Gasteiger partial charge in [-0.25, -0.2) is 0 Å². The SMILES string of the molecule is CC1(NC(=O)C2NCCCC2(C)C)CCCOC1. The number of hydrogen-bond acceptors (Lipinski definition) is 3. The van der Waals surface area contributed by atoms with Crippen LogP contribution in [0.2, 0.25) is 0 Å². The summed E-state index contributed by atoms with van der Waals surface area (Å²) in [5.74, 6) is 0.132. The van der Waals surface area contributed by atoms with Crippen LogP contribution in [-0.4, -0.2) is 37.2 Å². The number of hydrogen-bond donors (Lipinski definition) is 2. The minimum atomic E-state index is -0.190. The van der Waals surface area contributed by atoms with Crippen molar-refractivity contribution in [3.63, 3.8) is 0 Å². The van der Waals surface area contributed by atoms with E-state index in [1.54, 1.807) is 0 Å². The van der Waals surface area contributed by atoms with Crippen molar-refractivity contribution < 1.29 is 9.53 Å². The van der Waals surface area contributed by atoms with Crippen molar-refractivity contribution >= 4 is 5.91 Å². The average molecular weight is 254 g/mol. The lowest BCUT2D eigenvalue weighted by Crippen LogP contribution is -2.61. The molecule has 0 saturated carbocycles. The molecule has 0 aromatic carbocycles. The molecule has 2 saturated heterocycles. The number of carbonyl (C=O) groups excluding carboxylic acids is 1. The molecule has 2 atom stereocenters. The van der Waals surface area contributed by atoms with E-state index in [1.807, 2.05) is 0 Å². The Kier molecular flexibility index (Phi) is 3.97. The molecule has 104 valence electrons. The number of nitrogens with one attached hydrogen (secondary N) is 2. The molecule has 2 rings (SSSR count). The molecule has 0 aromatic rings. The molecule has 2 fully saturated rings. The predicted octanol–water partition coefficient (Wildman–Crippen LogP) is 1.45. The van der Waals surface area contributed by atoms with Gasteiger partial charge in [-0.2, -0.15) is 0 Å². The van der Waals surface area contributed by atoms with Crippen LogP contribution in [0.3, 0.4) is 0 Å². The fraction of sp³-hybridized carbons (Fsp3) is 0.929. The highest BCUT2D eigenvalue weighted by molar-refractivity contribution is 5.83. The molecule has 0 radical (unpaired) electrons. The molecule has 4 nitrogen and oxygen atoms in total. The van der Waals surface area contributed by atoms with Crippen LogP contribution < -0.4 is 10.6 Å². The molecule has 2 aliphatic heterocycles. The van der Waals surface area contributed by atoms with Crippen LogP contribution in [0.4, 0.5) is 0 Å². The van der Waals surface area contributed by atoms with E-state index in [2.05, 4.69) is 31.4 Å². The summed E-state index contributed by atoms with van der Waals surface area (Å²) in [4.78, 5) is 12.5. The third-order valence-electron chi connectivity index (χ3n) is 4.25. The Hall–Kier alpha value is -0.610. The molecule has 0 bridgehead atoms. The standard InChI is InChI=1S/C14H26N2O2/c1-13(2)6-4-8-15-11(13)12(17)16-14(3)7-5-9-18-10-14/h11,15H,4-10H2,1-3H3,(H,16,17). The molecule has 0 spiro atoms. The number of ether oxygens (including phenoxy) is 1. The van der Waals surface area contributed by atoms with Gasteiger partial charge in [-0.15, -0.1) is 0 Å². The maximum atomic E-state index is 12.5. The van der Waals surface area contributed by atoms with Gasteiger partial charge in [0.15, 0.2) is 0 Å². The summed E-state index contributed by atoms with van der Waals surface area (Å²) in [5, 5.41) is 6.56. The van der Waals surface area contributed by atoms with Gasteiger partial charge in [0.2, 0.25) is 5.91 Å². The summed E-state index contributed by atoms with van der Waals surface area (Å²) in [6, 6.07) is -0.0787. The summed E-state index contributed by atoms with van der Waals surface area (Å²) in [6.07, 6.45) is 4.28. The minimum Gasteiger partial charge on any atom is -0.379 e. The number of rotatable bonds is 2. The summed E-state index contributed by atoms with van der Waals surface area (Å²) in [5.41, 5.74) is -0.154. The van der Waals surface area contributed by atoms with Crippen molar-refractivity contribution in [3.05, 3.63) is 0 Å². The Morgan fingerprint density at radius 2 is 2.06 bits per heavy atom. The van der Waals surface area contributed by atoms with E-state index < -0.39 is 0 Å². The van der Waals surface area contributed by atoms with Crippen molar-refractivity contribution in [2.24, 2.45) is 5.41 Å². The van der Waals surface area contributed by atoms with Gasteiger partial charge in [-0.3, -0.25) is 4.79 Å². The third-order valence-corrected chi connectivity index (χ3v) is 4.25. The first-order valence-electron chi connectivity index (χ1n) is 7.06. The third kappa shape index (κ3) is 3.04. The zero-order valence-electron chi connectivity index (χ0n) is 11.8. The van der Waals surface area contributed by atoms with E-state index >= 15 is 0 Å². The van der Waals surface area contributed by atoms with Crippen LogP contribution in [0.25, 0.3) is 0 Å². The molecule has 1 amide bonds. The Morgan fingerprint density at radius 1 is 1.28 bits per heavy atom. The van der Waals surface area contributed by atoms with Gasteiger partial charge < -0.3 is 15.4 Å². The van der Waals surface area contributed by atoms with Crippen molar-refractivity contribution in [1.29, 1.82) is 0 Å². The number of amides is 1. The Labute approximate surface area is 110 Å². The van der Waals surface area contributed by atoms with Gasteiger partial charge in [0.05, 0.1) is 18.2 Å². The number of carbonyl (C=O) groups is 1.